The number of hydrogen-bond donors (Lipinski definition) is 2. The van der Waals surface area contributed by atoms with Gasteiger partial charge < -0.3 is 15.8 Å². The molecule has 0 amide bonds. The summed E-state index contributed by atoms with van der Waals surface area (Å²) < 4.78 is 5.33. The molecule has 1 aliphatic rings. The Bertz CT molecular complexity index is 375. The Kier molecular flexibility index (Phi) is 3.78. The highest BCUT2D eigenvalue weighted by Gasteiger charge is 2.20. The van der Waals surface area contributed by atoms with Crippen LogP contribution in [0.3, 0.4) is 0 Å². The molecule has 2 rings (SSSR count). The van der Waals surface area contributed by atoms with Crippen LogP contribution in [-0.2, 0) is 0 Å². The number of aryl methyl sites for hydroxylation is 1. The number of nitrogens with one attached hydrogen (secondary N) is 1. The zero-order valence-electron chi connectivity index (χ0n) is 10.4. The molecule has 94 valence electrons. The Labute approximate surface area is 102 Å². The van der Waals surface area contributed by atoms with E-state index in [1.54, 1.807) is 13.4 Å². The molecule has 1 aromatic rings. The quantitative estimate of drug-likeness (QED) is 0.831. The van der Waals surface area contributed by atoms with E-state index >= 15 is 0 Å². The van der Waals surface area contributed by atoms with Crippen LogP contribution in [0, 0.1) is 6.92 Å². The van der Waals surface area contributed by atoms with Gasteiger partial charge in [0.2, 0.25) is 0 Å². The van der Waals surface area contributed by atoms with Gasteiger partial charge in [-0.1, -0.05) is 0 Å². The van der Waals surface area contributed by atoms with Crippen LogP contribution in [-0.4, -0.2) is 29.2 Å². The highest BCUT2D eigenvalue weighted by Crippen LogP contribution is 2.27. The first-order valence-electron chi connectivity index (χ1n) is 6.08. The second-order valence-corrected chi connectivity index (χ2v) is 4.60. The summed E-state index contributed by atoms with van der Waals surface area (Å²) in [7, 11) is 1.65. The fourth-order valence-corrected chi connectivity index (χ4v) is 2.27. The average Bonchev–Trinajstić information content (AvgIpc) is 2.32. The first-order valence-corrected chi connectivity index (χ1v) is 6.08. The van der Waals surface area contributed by atoms with Crippen molar-refractivity contribution >= 4 is 5.82 Å². The van der Waals surface area contributed by atoms with Crippen LogP contribution in [0.15, 0.2) is 6.33 Å². The van der Waals surface area contributed by atoms with E-state index in [9.17, 15) is 0 Å². The topological polar surface area (TPSA) is 73.1 Å². The van der Waals surface area contributed by atoms with Gasteiger partial charge in [0.25, 0.3) is 0 Å². The van der Waals surface area contributed by atoms with Gasteiger partial charge >= 0.3 is 0 Å². The summed E-state index contributed by atoms with van der Waals surface area (Å²) in [6.45, 7) is 1.92. The normalized spacial score (nSPS) is 24.4. The number of hydrogen-bond acceptors (Lipinski definition) is 5. The lowest BCUT2D eigenvalue weighted by atomic mass is 9.92. The number of anilines is 1. The van der Waals surface area contributed by atoms with Crippen LogP contribution in [0.1, 0.15) is 31.4 Å². The number of methoxy groups -OCH3 is 1. The predicted octanol–water partition coefficient (Wildman–Crippen LogP) is 1.48. The number of nitrogens with two attached hydrogens (primary N) is 1. The Morgan fingerprint density at radius 2 is 2.00 bits per heavy atom. The predicted molar refractivity (Wildman–Crippen MR) is 67.2 cm³/mol. The number of nitrogens with zero attached hydrogens (tertiary/aromatic N) is 2. The first kappa shape index (κ1) is 12.1. The third-order valence-corrected chi connectivity index (χ3v) is 3.30. The molecule has 0 atom stereocenters. The maximum absolute atomic E-state index is 5.89. The van der Waals surface area contributed by atoms with Crippen molar-refractivity contribution in [1.29, 1.82) is 0 Å². The molecule has 1 aliphatic carbocycles. The SMILES string of the molecule is COc1c(C)ncnc1NC1CCC(N)CC1. The molecule has 5 nitrogen and oxygen atoms in total. The van der Waals surface area contributed by atoms with E-state index in [4.69, 9.17) is 10.5 Å². The van der Waals surface area contributed by atoms with E-state index in [0.717, 1.165) is 42.9 Å². The van der Waals surface area contributed by atoms with E-state index in [1.807, 2.05) is 6.92 Å². The molecule has 0 aliphatic heterocycles. The van der Waals surface area contributed by atoms with Crippen molar-refractivity contribution in [2.45, 2.75) is 44.7 Å². The van der Waals surface area contributed by atoms with Gasteiger partial charge in [-0.2, -0.15) is 0 Å². The first-order chi connectivity index (χ1) is 8.20. The lowest BCUT2D eigenvalue weighted by molar-refractivity contribution is 0.396. The van der Waals surface area contributed by atoms with Gasteiger partial charge in [0.15, 0.2) is 11.6 Å². The van der Waals surface area contributed by atoms with Gasteiger partial charge in [0.1, 0.15) is 6.33 Å². The van der Waals surface area contributed by atoms with Crippen molar-refractivity contribution in [3.05, 3.63) is 12.0 Å². The molecular weight excluding hydrogens is 216 g/mol. The van der Waals surface area contributed by atoms with Crippen molar-refractivity contribution in [3.63, 3.8) is 0 Å². The number of aromatic nitrogens is 2. The second-order valence-electron chi connectivity index (χ2n) is 4.60. The molecule has 0 saturated heterocycles. The summed E-state index contributed by atoms with van der Waals surface area (Å²) in [5, 5.41) is 3.43. The molecule has 0 unspecified atom stereocenters. The Morgan fingerprint density at radius 3 is 2.65 bits per heavy atom. The number of ether oxygens (including phenoxy) is 1. The lowest BCUT2D eigenvalue weighted by Gasteiger charge is -2.27. The Balaban J connectivity index is 2.05. The minimum absolute atomic E-state index is 0.363. The second kappa shape index (κ2) is 5.31. The van der Waals surface area contributed by atoms with Crippen molar-refractivity contribution in [3.8, 4) is 5.75 Å². The highest BCUT2D eigenvalue weighted by molar-refractivity contribution is 5.52. The largest absolute Gasteiger partial charge is 0.491 e. The molecular formula is C12H20N4O. The molecule has 0 radical (unpaired) electrons. The maximum Gasteiger partial charge on any atom is 0.182 e. The molecule has 1 saturated carbocycles. The molecule has 3 N–H and O–H groups in total. The van der Waals surface area contributed by atoms with E-state index in [-0.39, 0.29) is 0 Å². The molecule has 1 fully saturated rings. The van der Waals surface area contributed by atoms with Gasteiger partial charge in [-0.05, 0) is 32.6 Å². The Morgan fingerprint density at radius 1 is 1.29 bits per heavy atom. The van der Waals surface area contributed by atoms with Crippen LogP contribution in [0.4, 0.5) is 5.82 Å². The Hall–Kier alpha value is -1.36. The lowest BCUT2D eigenvalue weighted by Crippen LogP contribution is -2.33. The van der Waals surface area contributed by atoms with Gasteiger partial charge in [-0.15, -0.1) is 0 Å². The van der Waals surface area contributed by atoms with Crippen molar-refractivity contribution < 1.29 is 4.74 Å². The summed E-state index contributed by atoms with van der Waals surface area (Å²) >= 11 is 0. The third-order valence-electron chi connectivity index (χ3n) is 3.30. The summed E-state index contributed by atoms with van der Waals surface area (Å²) in [5.41, 5.74) is 6.75. The summed E-state index contributed by atoms with van der Waals surface area (Å²) in [6, 6.07) is 0.806. The zero-order chi connectivity index (χ0) is 12.3. The molecule has 5 heteroatoms. The molecule has 1 heterocycles. The smallest absolute Gasteiger partial charge is 0.182 e. The monoisotopic (exact) mass is 236 g/mol. The van der Waals surface area contributed by atoms with Crippen LogP contribution in [0.5, 0.6) is 5.75 Å². The van der Waals surface area contributed by atoms with E-state index in [0.29, 0.717) is 12.1 Å². The van der Waals surface area contributed by atoms with Crippen LogP contribution >= 0.6 is 0 Å². The van der Waals surface area contributed by atoms with Gasteiger partial charge in [-0.3, -0.25) is 0 Å². The standard InChI is InChI=1S/C12H20N4O/c1-8-11(17-2)12(15-7-14-8)16-10-5-3-9(13)4-6-10/h7,9-10H,3-6,13H2,1-2H3,(H,14,15,16). The summed E-state index contributed by atoms with van der Waals surface area (Å²) in [5.74, 6) is 1.53. The molecule has 1 aromatic heterocycles. The average molecular weight is 236 g/mol. The van der Waals surface area contributed by atoms with Gasteiger partial charge in [0.05, 0.1) is 12.8 Å². The fraction of sp³-hybridized carbons (Fsp3) is 0.667. The van der Waals surface area contributed by atoms with Crippen molar-refractivity contribution in [1.82, 2.24) is 9.97 Å². The highest BCUT2D eigenvalue weighted by atomic mass is 16.5. The van der Waals surface area contributed by atoms with Crippen LogP contribution in [0.25, 0.3) is 0 Å². The maximum atomic E-state index is 5.89. The summed E-state index contributed by atoms with van der Waals surface area (Å²) in [6.07, 6.45) is 5.89. The zero-order valence-corrected chi connectivity index (χ0v) is 10.4. The van der Waals surface area contributed by atoms with E-state index in [1.165, 1.54) is 0 Å². The van der Waals surface area contributed by atoms with Crippen LogP contribution in [0.2, 0.25) is 0 Å². The molecule has 0 aromatic carbocycles. The minimum atomic E-state index is 0.363. The van der Waals surface area contributed by atoms with E-state index in [2.05, 4.69) is 15.3 Å². The summed E-state index contributed by atoms with van der Waals surface area (Å²) in [4.78, 5) is 8.36. The molecule has 0 spiro atoms. The van der Waals surface area contributed by atoms with Crippen LogP contribution < -0.4 is 15.8 Å². The molecule has 0 bridgehead atoms. The van der Waals surface area contributed by atoms with E-state index < -0.39 is 0 Å². The van der Waals surface area contributed by atoms with Crippen molar-refractivity contribution in [2.75, 3.05) is 12.4 Å². The van der Waals surface area contributed by atoms with Gasteiger partial charge in [0, 0.05) is 12.1 Å². The van der Waals surface area contributed by atoms with Crippen molar-refractivity contribution in [2.24, 2.45) is 5.73 Å². The number of rotatable bonds is 3. The van der Waals surface area contributed by atoms with Gasteiger partial charge in [-0.25, -0.2) is 9.97 Å². The fourth-order valence-electron chi connectivity index (χ4n) is 2.27. The molecule has 17 heavy (non-hydrogen) atoms. The third kappa shape index (κ3) is 2.85. The minimum Gasteiger partial charge on any atom is -0.491 e.